The summed E-state index contributed by atoms with van der Waals surface area (Å²) in [6.45, 7) is 6.35. The largest absolute Gasteiger partial charge is 0.313 e. The normalized spacial score (nSPS) is 21.9. The Morgan fingerprint density at radius 2 is 2.30 bits per heavy atom. The number of hydrogen-bond acceptors (Lipinski definition) is 3. The number of halogens is 1. The standard InChI is InChI=1S/C16H25FN2S/c1-12-4-5-14(10-15(12)17)16(18-3)6-7-19-8-9-20-11-13(19)2/h4-5,10,13,16,18H,6-9,11H2,1-3H3. The van der Waals surface area contributed by atoms with Crippen LogP contribution in [0.1, 0.15) is 30.5 Å². The molecule has 1 aromatic carbocycles. The predicted molar refractivity (Wildman–Crippen MR) is 85.9 cm³/mol. The van der Waals surface area contributed by atoms with Gasteiger partial charge in [0.2, 0.25) is 0 Å². The van der Waals surface area contributed by atoms with Crippen molar-refractivity contribution in [3.05, 3.63) is 35.1 Å². The average Bonchev–Trinajstić information content (AvgIpc) is 2.45. The number of hydrogen-bond donors (Lipinski definition) is 1. The van der Waals surface area contributed by atoms with E-state index in [1.165, 1.54) is 18.1 Å². The summed E-state index contributed by atoms with van der Waals surface area (Å²) in [7, 11) is 1.96. The maximum Gasteiger partial charge on any atom is 0.126 e. The molecule has 4 heteroatoms. The number of nitrogens with zero attached hydrogens (tertiary/aromatic N) is 1. The van der Waals surface area contributed by atoms with Gasteiger partial charge in [0.25, 0.3) is 0 Å². The van der Waals surface area contributed by atoms with Crippen molar-refractivity contribution in [3.63, 3.8) is 0 Å². The van der Waals surface area contributed by atoms with Gasteiger partial charge in [-0.2, -0.15) is 11.8 Å². The second-order valence-corrected chi connectivity index (χ2v) is 6.75. The summed E-state index contributed by atoms with van der Waals surface area (Å²) >= 11 is 2.04. The van der Waals surface area contributed by atoms with Crippen molar-refractivity contribution in [1.82, 2.24) is 10.2 Å². The molecule has 112 valence electrons. The molecule has 1 aliphatic heterocycles. The van der Waals surface area contributed by atoms with Crippen LogP contribution < -0.4 is 5.32 Å². The van der Waals surface area contributed by atoms with Gasteiger partial charge >= 0.3 is 0 Å². The van der Waals surface area contributed by atoms with E-state index in [1.807, 2.05) is 30.9 Å². The number of nitrogens with one attached hydrogen (secondary N) is 1. The molecule has 1 aromatic rings. The Hall–Kier alpha value is -0.580. The molecule has 1 aliphatic rings. The maximum atomic E-state index is 13.7. The van der Waals surface area contributed by atoms with Crippen LogP contribution in [0.4, 0.5) is 4.39 Å². The second-order valence-electron chi connectivity index (χ2n) is 5.60. The van der Waals surface area contributed by atoms with Gasteiger partial charge < -0.3 is 5.32 Å². The summed E-state index contributed by atoms with van der Waals surface area (Å²) in [5, 5.41) is 3.32. The van der Waals surface area contributed by atoms with Gasteiger partial charge in [0.15, 0.2) is 0 Å². The van der Waals surface area contributed by atoms with Crippen LogP contribution >= 0.6 is 11.8 Å². The van der Waals surface area contributed by atoms with Crippen LogP contribution in [0, 0.1) is 12.7 Å². The molecule has 1 N–H and O–H groups in total. The Morgan fingerprint density at radius 1 is 1.50 bits per heavy atom. The molecular weight excluding hydrogens is 271 g/mol. The van der Waals surface area contributed by atoms with E-state index in [-0.39, 0.29) is 11.9 Å². The lowest BCUT2D eigenvalue weighted by Crippen LogP contribution is -2.41. The molecule has 1 saturated heterocycles. The molecule has 20 heavy (non-hydrogen) atoms. The fourth-order valence-corrected chi connectivity index (χ4v) is 3.77. The molecule has 2 rings (SSSR count). The van der Waals surface area contributed by atoms with Gasteiger partial charge in [0.1, 0.15) is 5.82 Å². The molecule has 0 spiro atoms. The number of thioether (sulfide) groups is 1. The zero-order valence-corrected chi connectivity index (χ0v) is 13.5. The van der Waals surface area contributed by atoms with E-state index in [2.05, 4.69) is 17.1 Å². The van der Waals surface area contributed by atoms with Crippen LogP contribution in [0.25, 0.3) is 0 Å². The molecular formula is C16H25FN2S. The molecule has 2 atom stereocenters. The lowest BCUT2D eigenvalue weighted by Gasteiger charge is -2.34. The van der Waals surface area contributed by atoms with Gasteiger partial charge in [0.05, 0.1) is 0 Å². The highest BCUT2D eigenvalue weighted by Gasteiger charge is 2.20. The molecule has 0 aliphatic carbocycles. The van der Waals surface area contributed by atoms with Crippen molar-refractivity contribution in [2.75, 3.05) is 31.6 Å². The monoisotopic (exact) mass is 296 g/mol. The third kappa shape index (κ3) is 3.96. The molecule has 2 nitrogen and oxygen atoms in total. The minimum Gasteiger partial charge on any atom is -0.313 e. The van der Waals surface area contributed by atoms with Crippen LogP contribution in [0.5, 0.6) is 0 Å². The summed E-state index contributed by atoms with van der Waals surface area (Å²) in [5.41, 5.74) is 1.76. The highest BCUT2D eigenvalue weighted by Crippen LogP contribution is 2.22. The van der Waals surface area contributed by atoms with E-state index in [4.69, 9.17) is 0 Å². The fourth-order valence-electron chi connectivity index (χ4n) is 2.69. The van der Waals surface area contributed by atoms with Gasteiger partial charge in [-0.15, -0.1) is 0 Å². The Balaban J connectivity index is 1.96. The van der Waals surface area contributed by atoms with E-state index >= 15 is 0 Å². The fraction of sp³-hybridized carbons (Fsp3) is 0.625. The van der Waals surface area contributed by atoms with Crippen molar-refractivity contribution < 1.29 is 4.39 Å². The lowest BCUT2D eigenvalue weighted by molar-refractivity contribution is 0.220. The van der Waals surface area contributed by atoms with Gasteiger partial charge in [-0.1, -0.05) is 12.1 Å². The van der Waals surface area contributed by atoms with Gasteiger partial charge in [-0.3, -0.25) is 4.90 Å². The molecule has 0 radical (unpaired) electrons. The van der Waals surface area contributed by atoms with Crippen molar-refractivity contribution in [2.24, 2.45) is 0 Å². The Bertz CT molecular complexity index is 438. The Morgan fingerprint density at radius 3 is 2.95 bits per heavy atom. The summed E-state index contributed by atoms with van der Waals surface area (Å²) in [6, 6.07) is 6.46. The van der Waals surface area contributed by atoms with Gasteiger partial charge in [0, 0.05) is 36.7 Å². The highest BCUT2D eigenvalue weighted by atomic mass is 32.2. The second kappa shape index (κ2) is 7.43. The molecule has 1 heterocycles. The molecule has 0 saturated carbocycles. The SMILES string of the molecule is CNC(CCN1CCSCC1C)c1ccc(C)c(F)c1. The summed E-state index contributed by atoms with van der Waals surface area (Å²) in [6.07, 6.45) is 1.02. The zero-order valence-electron chi connectivity index (χ0n) is 12.7. The lowest BCUT2D eigenvalue weighted by atomic mass is 10.0. The topological polar surface area (TPSA) is 15.3 Å². The van der Waals surface area contributed by atoms with E-state index in [0.29, 0.717) is 11.6 Å². The van der Waals surface area contributed by atoms with Crippen molar-refractivity contribution >= 4 is 11.8 Å². The molecule has 0 aromatic heterocycles. The first kappa shape index (κ1) is 15.8. The van der Waals surface area contributed by atoms with Gasteiger partial charge in [-0.25, -0.2) is 4.39 Å². The van der Waals surface area contributed by atoms with Gasteiger partial charge in [-0.05, 0) is 44.5 Å². The molecule has 2 unspecified atom stereocenters. The third-order valence-corrected chi connectivity index (χ3v) is 5.35. The van der Waals surface area contributed by atoms with Crippen molar-refractivity contribution in [3.8, 4) is 0 Å². The zero-order chi connectivity index (χ0) is 14.5. The van der Waals surface area contributed by atoms with Crippen LogP contribution in [-0.4, -0.2) is 42.6 Å². The quantitative estimate of drug-likeness (QED) is 0.898. The number of aryl methyl sites for hydroxylation is 1. The Labute approximate surface area is 126 Å². The summed E-state index contributed by atoms with van der Waals surface area (Å²) in [5.74, 6) is 2.35. The minimum atomic E-state index is -0.106. The summed E-state index contributed by atoms with van der Waals surface area (Å²) in [4.78, 5) is 2.55. The van der Waals surface area contributed by atoms with E-state index in [9.17, 15) is 4.39 Å². The third-order valence-electron chi connectivity index (χ3n) is 4.16. The van der Waals surface area contributed by atoms with Crippen LogP contribution in [0.15, 0.2) is 18.2 Å². The van der Waals surface area contributed by atoms with Crippen molar-refractivity contribution in [2.45, 2.75) is 32.4 Å². The highest BCUT2D eigenvalue weighted by molar-refractivity contribution is 7.99. The first-order valence-corrected chi connectivity index (χ1v) is 8.52. The van der Waals surface area contributed by atoms with Crippen LogP contribution in [0.3, 0.4) is 0 Å². The van der Waals surface area contributed by atoms with Crippen LogP contribution in [-0.2, 0) is 0 Å². The maximum absolute atomic E-state index is 13.7. The molecule has 0 amide bonds. The van der Waals surface area contributed by atoms with E-state index in [1.54, 1.807) is 13.0 Å². The van der Waals surface area contributed by atoms with Crippen LogP contribution in [0.2, 0.25) is 0 Å². The molecule has 1 fully saturated rings. The van der Waals surface area contributed by atoms with Crippen molar-refractivity contribution in [1.29, 1.82) is 0 Å². The van der Waals surface area contributed by atoms with E-state index in [0.717, 1.165) is 18.5 Å². The van der Waals surface area contributed by atoms with E-state index < -0.39 is 0 Å². The first-order chi connectivity index (χ1) is 9.61. The number of rotatable bonds is 5. The smallest absolute Gasteiger partial charge is 0.126 e. The Kier molecular flexibility index (Phi) is 5.87. The predicted octanol–water partition coefficient (Wildman–Crippen LogP) is 3.22. The average molecular weight is 296 g/mol. The summed E-state index contributed by atoms with van der Waals surface area (Å²) < 4.78 is 13.7. The minimum absolute atomic E-state index is 0.106. The molecule has 0 bridgehead atoms. The number of benzene rings is 1. The first-order valence-electron chi connectivity index (χ1n) is 7.37.